The molecule has 0 saturated carbocycles. The van der Waals surface area contributed by atoms with Crippen LogP contribution in [0.4, 0.5) is 20.2 Å². The molecule has 0 aliphatic rings. The Kier molecular flexibility index (Phi) is 6.05. The summed E-state index contributed by atoms with van der Waals surface area (Å²) >= 11 is 0. The number of anilines is 1. The highest BCUT2D eigenvalue weighted by atomic mass is 19.3. The van der Waals surface area contributed by atoms with Gasteiger partial charge in [-0.15, -0.1) is 0 Å². The highest BCUT2D eigenvalue weighted by Crippen LogP contribution is 2.30. The van der Waals surface area contributed by atoms with Crippen LogP contribution in [-0.4, -0.2) is 24.0 Å². The molecule has 0 heterocycles. The van der Waals surface area contributed by atoms with Crippen LogP contribution in [0.3, 0.4) is 0 Å². The van der Waals surface area contributed by atoms with Crippen molar-refractivity contribution in [3.8, 4) is 11.5 Å². The molecular weight excluding hydrogens is 350 g/mol. The van der Waals surface area contributed by atoms with E-state index >= 15 is 0 Å². The predicted octanol–water partition coefficient (Wildman–Crippen LogP) is 4.16. The van der Waals surface area contributed by atoms with Crippen molar-refractivity contribution in [3.05, 3.63) is 57.6 Å². The Morgan fingerprint density at radius 2 is 1.96 bits per heavy atom. The van der Waals surface area contributed by atoms with Crippen LogP contribution in [0.5, 0.6) is 11.5 Å². The van der Waals surface area contributed by atoms with Gasteiger partial charge in [-0.2, -0.15) is 8.78 Å². The third-order valence-corrected chi connectivity index (χ3v) is 3.40. The standard InChI is InChI=1S/C17H16F2N2O5/c1-3-25-15-8-11(5-7-14(15)26-17(18)19)16(22)20-13-9-12(21(23)24)6-4-10(13)2/h4-9,17H,3H2,1-2H3,(H,20,22). The second-order valence-corrected chi connectivity index (χ2v) is 5.18. The zero-order valence-corrected chi connectivity index (χ0v) is 14.0. The molecule has 0 bridgehead atoms. The van der Waals surface area contributed by atoms with Crippen molar-refractivity contribution in [1.82, 2.24) is 0 Å². The fourth-order valence-electron chi connectivity index (χ4n) is 2.16. The van der Waals surface area contributed by atoms with Crippen molar-refractivity contribution in [1.29, 1.82) is 0 Å². The molecule has 0 atom stereocenters. The average molecular weight is 366 g/mol. The van der Waals surface area contributed by atoms with Crippen LogP contribution in [0.25, 0.3) is 0 Å². The van der Waals surface area contributed by atoms with E-state index in [1.807, 2.05) is 0 Å². The average Bonchev–Trinajstić information content (AvgIpc) is 2.57. The Morgan fingerprint density at radius 3 is 2.58 bits per heavy atom. The van der Waals surface area contributed by atoms with Crippen LogP contribution in [-0.2, 0) is 0 Å². The molecule has 0 aliphatic carbocycles. The molecule has 26 heavy (non-hydrogen) atoms. The first-order valence-electron chi connectivity index (χ1n) is 7.60. The first kappa shape index (κ1) is 19.1. The summed E-state index contributed by atoms with van der Waals surface area (Å²) in [5.74, 6) is -0.765. The number of non-ortho nitro benzene ring substituents is 1. The minimum absolute atomic E-state index is 0.00351. The van der Waals surface area contributed by atoms with E-state index < -0.39 is 17.4 Å². The lowest BCUT2D eigenvalue weighted by Crippen LogP contribution is -2.14. The van der Waals surface area contributed by atoms with Gasteiger partial charge in [0.2, 0.25) is 0 Å². The normalized spacial score (nSPS) is 10.5. The second kappa shape index (κ2) is 8.24. The van der Waals surface area contributed by atoms with Gasteiger partial charge in [-0.05, 0) is 37.6 Å². The number of benzene rings is 2. The lowest BCUT2D eigenvalue weighted by molar-refractivity contribution is -0.384. The number of nitrogens with one attached hydrogen (secondary N) is 1. The molecule has 0 radical (unpaired) electrons. The maximum Gasteiger partial charge on any atom is 0.387 e. The number of carbonyl (C=O) groups is 1. The molecule has 2 aromatic rings. The molecule has 0 spiro atoms. The number of carbonyl (C=O) groups excluding carboxylic acids is 1. The fourth-order valence-corrected chi connectivity index (χ4v) is 2.16. The maximum atomic E-state index is 12.4. The van der Waals surface area contributed by atoms with E-state index in [1.54, 1.807) is 13.8 Å². The predicted molar refractivity (Wildman–Crippen MR) is 90.0 cm³/mol. The Balaban J connectivity index is 2.28. The summed E-state index contributed by atoms with van der Waals surface area (Å²) < 4.78 is 34.4. The van der Waals surface area contributed by atoms with Crippen LogP contribution in [0.2, 0.25) is 0 Å². The highest BCUT2D eigenvalue weighted by molar-refractivity contribution is 6.05. The van der Waals surface area contributed by atoms with Crippen molar-refractivity contribution in [3.63, 3.8) is 0 Å². The van der Waals surface area contributed by atoms with E-state index in [2.05, 4.69) is 10.1 Å². The van der Waals surface area contributed by atoms with Crippen molar-refractivity contribution in [2.75, 3.05) is 11.9 Å². The Morgan fingerprint density at radius 1 is 1.23 bits per heavy atom. The Hall–Kier alpha value is -3.23. The van der Waals surface area contributed by atoms with Crippen molar-refractivity contribution < 1.29 is 28.0 Å². The van der Waals surface area contributed by atoms with Gasteiger partial charge in [0.25, 0.3) is 11.6 Å². The van der Waals surface area contributed by atoms with E-state index in [1.165, 1.54) is 36.4 Å². The highest BCUT2D eigenvalue weighted by Gasteiger charge is 2.16. The van der Waals surface area contributed by atoms with Gasteiger partial charge in [-0.3, -0.25) is 14.9 Å². The fraction of sp³-hybridized carbons (Fsp3) is 0.235. The summed E-state index contributed by atoms with van der Waals surface area (Å²) in [5.41, 5.74) is 0.865. The van der Waals surface area contributed by atoms with E-state index in [4.69, 9.17) is 4.74 Å². The van der Waals surface area contributed by atoms with Crippen LogP contribution in [0.1, 0.15) is 22.8 Å². The maximum absolute atomic E-state index is 12.4. The van der Waals surface area contributed by atoms with Crippen LogP contribution >= 0.6 is 0 Å². The number of hydrogen-bond donors (Lipinski definition) is 1. The van der Waals surface area contributed by atoms with E-state index in [-0.39, 0.29) is 35.0 Å². The van der Waals surface area contributed by atoms with Crippen LogP contribution < -0.4 is 14.8 Å². The van der Waals surface area contributed by atoms with Crippen molar-refractivity contribution >= 4 is 17.3 Å². The Labute approximate surface area is 147 Å². The molecule has 138 valence electrons. The largest absolute Gasteiger partial charge is 0.490 e. The van der Waals surface area contributed by atoms with Gasteiger partial charge in [-0.1, -0.05) is 6.07 Å². The molecule has 0 unspecified atom stereocenters. The summed E-state index contributed by atoms with van der Waals surface area (Å²) in [5, 5.41) is 13.4. The quantitative estimate of drug-likeness (QED) is 0.587. The van der Waals surface area contributed by atoms with Gasteiger partial charge in [-0.25, -0.2) is 0 Å². The molecule has 7 nitrogen and oxygen atoms in total. The number of nitrogens with zero attached hydrogens (tertiary/aromatic N) is 1. The zero-order chi connectivity index (χ0) is 19.3. The molecule has 1 amide bonds. The van der Waals surface area contributed by atoms with E-state index in [9.17, 15) is 23.7 Å². The van der Waals surface area contributed by atoms with Gasteiger partial charge in [0.05, 0.1) is 17.2 Å². The SMILES string of the molecule is CCOc1cc(C(=O)Nc2cc([N+](=O)[O-])ccc2C)ccc1OC(F)F. The molecule has 0 saturated heterocycles. The second-order valence-electron chi connectivity index (χ2n) is 5.18. The number of nitro groups is 1. The number of halogens is 2. The first-order valence-corrected chi connectivity index (χ1v) is 7.60. The summed E-state index contributed by atoms with van der Waals surface area (Å²) in [4.78, 5) is 22.7. The smallest absolute Gasteiger partial charge is 0.387 e. The third kappa shape index (κ3) is 4.65. The van der Waals surface area contributed by atoms with E-state index in [0.29, 0.717) is 5.56 Å². The summed E-state index contributed by atoms with van der Waals surface area (Å²) in [6.45, 7) is 0.506. The number of hydrogen-bond acceptors (Lipinski definition) is 5. The molecule has 2 rings (SSSR count). The summed E-state index contributed by atoms with van der Waals surface area (Å²) in [6.07, 6.45) is 0. The lowest BCUT2D eigenvalue weighted by Gasteiger charge is -2.13. The van der Waals surface area contributed by atoms with Crippen molar-refractivity contribution in [2.24, 2.45) is 0 Å². The minimum atomic E-state index is -3.03. The molecule has 0 aliphatic heterocycles. The van der Waals surface area contributed by atoms with Gasteiger partial charge >= 0.3 is 6.61 Å². The van der Waals surface area contributed by atoms with E-state index in [0.717, 1.165) is 0 Å². The molecule has 2 aromatic carbocycles. The van der Waals surface area contributed by atoms with Crippen LogP contribution in [0, 0.1) is 17.0 Å². The number of nitro benzene ring substituents is 1. The number of ether oxygens (including phenoxy) is 2. The molecule has 9 heteroatoms. The van der Waals surface area contributed by atoms with Crippen molar-refractivity contribution in [2.45, 2.75) is 20.5 Å². The third-order valence-electron chi connectivity index (χ3n) is 3.40. The lowest BCUT2D eigenvalue weighted by atomic mass is 10.1. The Bertz CT molecular complexity index is 827. The number of amides is 1. The summed E-state index contributed by atoms with van der Waals surface area (Å²) in [6, 6.07) is 7.84. The number of alkyl halides is 2. The number of aryl methyl sites for hydroxylation is 1. The monoisotopic (exact) mass is 366 g/mol. The molecular formula is C17H16F2N2O5. The van der Waals surface area contributed by atoms with Crippen LogP contribution in [0.15, 0.2) is 36.4 Å². The molecule has 0 fully saturated rings. The summed E-state index contributed by atoms with van der Waals surface area (Å²) in [7, 11) is 0. The van der Waals surface area contributed by atoms with Gasteiger partial charge in [0, 0.05) is 17.7 Å². The van der Waals surface area contributed by atoms with Gasteiger partial charge in [0.15, 0.2) is 11.5 Å². The molecule has 1 N–H and O–H groups in total. The van der Waals surface area contributed by atoms with Gasteiger partial charge < -0.3 is 14.8 Å². The molecule has 0 aromatic heterocycles. The minimum Gasteiger partial charge on any atom is -0.490 e. The number of rotatable bonds is 7. The zero-order valence-electron chi connectivity index (χ0n) is 14.0. The topological polar surface area (TPSA) is 90.7 Å². The van der Waals surface area contributed by atoms with Gasteiger partial charge in [0.1, 0.15) is 0 Å². The first-order chi connectivity index (χ1) is 12.3.